The van der Waals surface area contributed by atoms with Gasteiger partial charge in [0.15, 0.2) is 0 Å². The molecule has 0 radical (unpaired) electrons. The van der Waals surface area contributed by atoms with E-state index in [2.05, 4.69) is 211 Å². The van der Waals surface area contributed by atoms with Crippen molar-refractivity contribution in [1.82, 2.24) is 0 Å². The molecule has 0 spiro atoms. The SMILES string of the molecule is c1ccc(-c2cccc3c2oc2ccc(-c4ccc(N(c5ccc(-c6ccc7ccc8ccccc8c7c6)cc5)c5ccc6c(c5)sc5ccccc56)cc4)cc23)cc1. The lowest BCUT2D eigenvalue weighted by Gasteiger charge is -2.26. The zero-order chi connectivity index (χ0) is 38.9. The van der Waals surface area contributed by atoms with E-state index in [1.165, 1.54) is 52.8 Å². The molecular formula is C56H35NOS. The zero-order valence-corrected chi connectivity index (χ0v) is 32.8. The first kappa shape index (κ1) is 33.7. The van der Waals surface area contributed by atoms with E-state index in [1.54, 1.807) is 0 Å². The van der Waals surface area contributed by atoms with Gasteiger partial charge in [0.05, 0.1) is 0 Å². The monoisotopic (exact) mass is 769 g/mol. The summed E-state index contributed by atoms with van der Waals surface area (Å²) in [6.07, 6.45) is 0. The first-order valence-electron chi connectivity index (χ1n) is 20.1. The van der Waals surface area contributed by atoms with Crippen LogP contribution in [0, 0.1) is 0 Å². The van der Waals surface area contributed by atoms with Gasteiger partial charge < -0.3 is 9.32 Å². The van der Waals surface area contributed by atoms with Gasteiger partial charge >= 0.3 is 0 Å². The molecule has 0 saturated carbocycles. The maximum atomic E-state index is 6.49. The summed E-state index contributed by atoms with van der Waals surface area (Å²) in [6.45, 7) is 0. The highest BCUT2D eigenvalue weighted by molar-refractivity contribution is 7.25. The summed E-state index contributed by atoms with van der Waals surface area (Å²) in [4.78, 5) is 2.38. The first-order valence-corrected chi connectivity index (χ1v) is 20.9. The molecule has 12 aromatic rings. The summed E-state index contributed by atoms with van der Waals surface area (Å²) in [7, 11) is 0. The summed E-state index contributed by atoms with van der Waals surface area (Å²) in [5.41, 5.74) is 12.1. The van der Waals surface area contributed by atoms with E-state index in [-0.39, 0.29) is 0 Å². The van der Waals surface area contributed by atoms with Crippen LogP contribution in [0.1, 0.15) is 0 Å². The van der Waals surface area contributed by atoms with Crippen LogP contribution in [0.4, 0.5) is 17.1 Å². The molecule has 0 aliphatic carbocycles. The summed E-state index contributed by atoms with van der Waals surface area (Å²) < 4.78 is 9.08. The number of rotatable bonds is 6. The van der Waals surface area contributed by atoms with Gasteiger partial charge in [-0.3, -0.25) is 0 Å². The molecule has 12 rings (SSSR count). The fourth-order valence-electron chi connectivity index (χ4n) is 8.91. The number of furan rings is 1. The van der Waals surface area contributed by atoms with E-state index in [0.29, 0.717) is 0 Å². The van der Waals surface area contributed by atoms with Gasteiger partial charge in [-0.05, 0) is 110 Å². The standard InChI is InChI=1S/C56H35NOS/c1-2-9-38(10-3-1)47-14-8-15-50-52-34-42(25-32-53(52)58-56(47)50)37-23-28-44(29-24-37)57(45-30-31-49-48-13-6-7-16-54(48)59-55(49)35-45)43-26-21-36(22-27-43)41-20-19-40-18-17-39-11-4-5-12-46(39)51(40)33-41/h1-35H. The van der Waals surface area contributed by atoms with Crippen LogP contribution in [-0.2, 0) is 0 Å². The maximum absolute atomic E-state index is 6.49. The number of para-hydroxylation sites is 1. The topological polar surface area (TPSA) is 16.4 Å². The van der Waals surface area contributed by atoms with Crippen LogP contribution < -0.4 is 4.90 Å². The minimum Gasteiger partial charge on any atom is -0.455 e. The number of fused-ring (bicyclic) bond motifs is 9. The van der Waals surface area contributed by atoms with Crippen LogP contribution in [0.3, 0.4) is 0 Å². The number of thiophene rings is 1. The Labute approximate surface area is 345 Å². The lowest BCUT2D eigenvalue weighted by molar-refractivity contribution is 0.670. The van der Waals surface area contributed by atoms with Crippen molar-refractivity contribution in [3.8, 4) is 33.4 Å². The highest BCUT2D eigenvalue weighted by atomic mass is 32.1. The third kappa shape index (κ3) is 5.70. The molecular weight excluding hydrogens is 735 g/mol. The van der Waals surface area contributed by atoms with E-state index >= 15 is 0 Å². The number of benzene rings is 10. The third-order valence-corrected chi connectivity index (χ3v) is 13.0. The molecule has 0 aliphatic rings. The molecule has 2 heterocycles. The summed E-state index contributed by atoms with van der Waals surface area (Å²) in [5.74, 6) is 0. The van der Waals surface area contributed by atoms with Gasteiger partial charge in [-0.1, -0.05) is 152 Å². The fraction of sp³-hybridized carbons (Fsp3) is 0. The molecule has 10 aromatic carbocycles. The predicted octanol–water partition coefficient (Wildman–Crippen LogP) is 16.7. The Morgan fingerprint density at radius 1 is 0.322 bits per heavy atom. The Morgan fingerprint density at radius 3 is 1.68 bits per heavy atom. The Hall–Kier alpha value is -7.46. The van der Waals surface area contributed by atoms with Gasteiger partial charge in [-0.25, -0.2) is 0 Å². The minimum atomic E-state index is 0.895. The lowest BCUT2D eigenvalue weighted by Crippen LogP contribution is -2.09. The number of hydrogen-bond acceptors (Lipinski definition) is 3. The van der Waals surface area contributed by atoms with E-state index in [1.807, 2.05) is 17.4 Å². The molecule has 276 valence electrons. The summed E-state index contributed by atoms with van der Waals surface area (Å²) >= 11 is 1.85. The van der Waals surface area contributed by atoms with Crippen molar-refractivity contribution >= 4 is 92.1 Å². The normalized spacial score (nSPS) is 11.7. The van der Waals surface area contributed by atoms with E-state index in [9.17, 15) is 0 Å². The average molecular weight is 770 g/mol. The van der Waals surface area contributed by atoms with E-state index in [4.69, 9.17) is 4.42 Å². The molecule has 0 bridgehead atoms. The second-order valence-corrected chi connectivity index (χ2v) is 16.4. The molecule has 59 heavy (non-hydrogen) atoms. The van der Waals surface area contributed by atoms with Crippen LogP contribution in [0.25, 0.3) is 97.0 Å². The second-order valence-electron chi connectivity index (χ2n) is 15.3. The molecule has 0 saturated heterocycles. The van der Waals surface area contributed by atoms with E-state index in [0.717, 1.165) is 61.3 Å². The van der Waals surface area contributed by atoms with Crippen molar-refractivity contribution in [2.75, 3.05) is 4.90 Å². The van der Waals surface area contributed by atoms with E-state index < -0.39 is 0 Å². The maximum Gasteiger partial charge on any atom is 0.143 e. The van der Waals surface area contributed by atoms with Crippen LogP contribution in [0.5, 0.6) is 0 Å². The van der Waals surface area contributed by atoms with Gasteiger partial charge in [0, 0.05) is 53.6 Å². The number of nitrogens with zero attached hydrogens (tertiary/aromatic N) is 1. The Morgan fingerprint density at radius 2 is 0.898 bits per heavy atom. The summed E-state index contributed by atoms with van der Waals surface area (Å²) in [5, 5.41) is 9.93. The molecule has 0 unspecified atom stereocenters. The zero-order valence-electron chi connectivity index (χ0n) is 32.0. The van der Waals surface area contributed by atoms with Gasteiger partial charge in [-0.2, -0.15) is 0 Å². The molecule has 0 fully saturated rings. The molecule has 0 aliphatic heterocycles. The fourth-order valence-corrected chi connectivity index (χ4v) is 10.1. The molecule has 0 N–H and O–H groups in total. The van der Waals surface area contributed by atoms with Gasteiger partial charge in [0.2, 0.25) is 0 Å². The van der Waals surface area contributed by atoms with Crippen LogP contribution in [-0.4, -0.2) is 0 Å². The molecule has 0 atom stereocenters. The lowest BCUT2D eigenvalue weighted by atomic mass is 9.97. The highest BCUT2D eigenvalue weighted by Crippen LogP contribution is 2.43. The molecule has 3 heteroatoms. The number of hydrogen-bond donors (Lipinski definition) is 0. The molecule has 2 nitrogen and oxygen atoms in total. The number of anilines is 3. The second kappa shape index (κ2) is 13.6. The largest absolute Gasteiger partial charge is 0.455 e. The predicted molar refractivity (Wildman–Crippen MR) is 253 cm³/mol. The van der Waals surface area contributed by atoms with Crippen molar-refractivity contribution in [3.05, 3.63) is 212 Å². The first-order chi connectivity index (χ1) is 29.2. The van der Waals surface area contributed by atoms with Gasteiger partial charge in [-0.15, -0.1) is 11.3 Å². The Kier molecular flexibility index (Phi) is 7.75. The van der Waals surface area contributed by atoms with Gasteiger partial charge in [0.1, 0.15) is 11.2 Å². The van der Waals surface area contributed by atoms with Gasteiger partial charge in [0.25, 0.3) is 0 Å². The minimum absolute atomic E-state index is 0.895. The van der Waals surface area contributed by atoms with Crippen molar-refractivity contribution in [1.29, 1.82) is 0 Å². The summed E-state index contributed by atoms with van der Waals surface area (Å²) in [6, 6.07) is 77.0. The smallest absolute Gasteiger partial charge is 0.143 e. The van der Waals surface area contributed by atoms with Crippen molar-refractivity contribution < 1.29 is 4.42 Å². The highest BCUT2D eigenvalue weighted by Gasteiger charge is 2.17. The van der Waals surface area contributed by atoms with Crippen molar-refractivity contribution in [2.24, 2.45) is 0 Å². The van der Waals surface area contributed by atoms with Crippen LogP contribution >= 0.6 is 11.3 Å². The third-order valence-electron chi connectivity index (χ3n) is 11.9. The Balaban J connectivity index is 0.937. The molecule has 2 aromatic heterocycles. The van der Waals surface area contributed by atoms with Crippen LogP contribution in [0.15, 0.2) is 217 Å². The van der Waals surface area contributed by atoms with Crippen molar-refractivity contribution in [2.45, 2.75) is 0 Å². The average Bonchev–Trinajstić information content (AvgIpc) is 3.87. The Bertz CT molecular complexity index is 3540. The quantitative estimate of drug-likeness (QED) is 0.157. The van der Waals surface area contributed by atoms with Crippen LogP contribution in [0.2, 0.25) is 0 Å². The molecule has 0 amide bonds. The van der Waals surface area contributed by atoms with Crippen molar-refractivity contribution in [3.63, 3.8) is 0 Å².